The van der Waals surface area contributed by atoms with Gasteiger partial charge in [0.25, 0.3) is 0 Å². The molecule has 0 aromatic heterocycles. The molecule has 3 heteroatoms. The summed E-state index contributed by atoms with van der Waals surface area (Å²) in [6, 6.07) is 8.24. The number of hydroxylamine groups is 1. The fourth-order valence-corrected chi connectivity index (χ4v) is 2.88. The standard InChI is InChI=1S/C12H14N2O/c15-14-12-10-6-3-5-8(10)9-4-1-2-7-11(9)13-12/h1-2,4,7-8,10,15H,3,5-6H2,(H,13,14)/t8-,10-/m1/s1. The van der Waals surface area contributed by atoms with E-state index in [1.165, 1.54) is 18.4 Å². The van der Waals surface area contributed by atoms with Gasteiger partial charge in [-0.25, -0.2) is 4.99 Å². The molecular formula is C12H14N2O. The van der Waals surface area contributed by atoms with Gasteiger partial charge in [0.05, 0.1) is 5.69 Å². The Labute approximate surface area is 88.8 Å². The van der Waals surface area contributed by atoms with Crippen LogP contribution in [0.5, 0.6) is 0 Å². The molecule has 1 fully saturated rings. The largest absolute Gasteiger partial charge is 0.290 e. The SMILES string of the molecule is ONC1=Nc2ccccc2[C@H]2CCC[C@@H]12. The molecule has 0 bridgehead atoms. The van der Waals surface area contributed by atoms with E-state index in [1.54, 1.807) is 0 Å². The van der Waals surface area contributed by atoms with E-state index in [1.807, 2.05) is 12.1 Å². The fraction of sp³-hybridized carbons (Fsp3) is 0.417. The molecule has 3 nitrogen and oxygen atoms in total. The van der Waals surface area contributed by atoms with Crippen molar-refractivity contribution >= 4 is 11.5 Å². The Morgan fingerprint density at radius 3 is 2.87 bits per heavy atom. The van der Waals surface area contributed by atoms with Crippen LogP contribution in [-0.2, 0) is 0 Å². The first-order chi connectivity index (χ1) is 7.40. The monoisotopic (exact) mass is 202 g/mol. The summed E-state index contributed by atoms with van der Waals surface area (Å²) in [7, 11) is 0. The van der Waals surface area contributed by atoms with Gasteiger partial charge in [0, 0.05) is 5.92 Å². The average Bonchev–Trinajstić information content (AvgIpc) is 2.77. The summed E-state index contributed by atoms with van der Waals surface area (Å²) in [5.41, 5.74) is 4.62. The van der Waals surface area contributed by atoms with Crippen LogP contribution in [0.3, 0.4) is 0 Å². The molecule has 1 heterocycles. The Morgan fingerprint density at radius 1 is 1.20 bits per heavy atom. The summed E-state index contributed by atoms with van der Waals surface area (Å²) in [5.74, 6) is 1.69. The van der Waals surface area contributed by atoms with E-state index in [-0.39, 0.29) is 0 Å². The van der Waals surface area contributed by atoms with E-state index in [9.17, 15) is 0 Å². The molecule has 1 aliphatic carbocycles. The minimum atomic E-state index is 0.393. The van der Waals surface area contributed by atoms with Crippen LogP contribution in [0.2, 0.25) is 0 Å². The van der Waals surface area contributed by atoms with Crippen LogP contribution in [0.15, 0.2) is 29.3 Å². The lowest BCUT2D eigenvalue weighted by atomic mass is 9.85. The highest BCUT2D eigenvalue weighted by Crippen LogP contribution is 2.46. The van der Waals surface area contributed by atoms with Gasteiger partial charge in [-0.15, -0.1) is 0 Å². The van der Waals surface area contributed by atoms with Crippen LogP contribution in [0.4, 0.5) is 5.69 Å². The molecule has 0 radical (unpaired) electrons. The summed E-state index contributed by atoms with van der Waals surface area (Å²) in [5, 5.41) is 9.08. The highest BCUT2D eigenvalue weighted by molar-refractivity contribution is 5.89. The minimum Gasteiger partial charge on any atom is -0.290 e. The first-order valence-electron chi connectivity index (χ1n) is 5.48. The maximum absolute atomic E-state index is 9.08. The average molecular weight is 202 g/mol. The van der Waals surface area contributed by atoms with Crippen LogP contribution in [0.25, 0.3) is 0 Å². The van der Waals surface area contributed by atoms with Crippen molar-refractivity contribution < 1.29 is 5.21 Å². The Hall–Kier alpha value is -1.35. The van der Waals surface area contributed by atoms with Crippen LogP contribution in [0.1, 0.15) is 30.7 Å². The molecule has 1 saturated carbocycles. The van der Waals surface area contributed by atoms with Crippen molar-refractivity contribution in [3.63, 3.8) is 0 Å². The van der Waals surface area contributed by atoms with Crippen molar-refractivity contribution in [3.05, 3.63) is 29.8 Å². The van der Waals surface area contributed by atoms with Gasteiger partial charge in [-0.05, 0) is 30.4 Å². The fourth-order valence-electron chi connectivity index (χ4n) is 2.88. The maximum Gasteiger partial charge on any atom is 0.130 e. The lowest BCUT2D eigenvalue weighted by Crippen LogP contribution is -2.31. The first-order valence-corrected chi connectivity index (χ1v) is 5.48. The van der Waals surface area contributed by atoms with E-state index in [4.69, 9.17) is 5.21 Å². The highest BCUT2D eigenvalue weighted by atomic mass is 16.5. The molecule has 1 aliphatic heterocycles. The number of amidine groups is 1. The van der Waals surface area contributed by atoms with Crippen LogP contribution in [-0.4, -0.2) is 11.0 Å². The number of hydrogen-bond donors (Lipinski definition) is 2. The van der Waals surface area contributed by atoms with Crippen molar-refractivity contribution in [2.45, 2.75) is 25.2 Å². The quantitative estimate of drug-likeness (QED) is 0.635. The number of nitrogens with zero attached hydrogens (tertiary/aromatic N) is 1. The number of para-hydroxylation sites is 1. The van der Waals surface area contributed by atoms with Gasteiger partial charge in [-0.3, -0.25) is 10.7 Å². The number of aliphatic imine (C=N–C) groups is 1. The molecular weight excluding hydrogens is 188 g/mol. The molecule has 0 unspecified atom stereocenters. The molecule has 0 spiro atoms. The third kappa shape index (κ3) is 1.27. The third-order valence-corrected chi connectivity index (χ3v) is 3.56. The van der Waals surface area contributed by atoms with Crippen molar-refractivity contribution in [3.8, 4) is 0 Å². The normalized spacial score (nSPS) is 27.9. The number of benzene rings is 1. The number of hydrogen-bond acceptors (Lipinski definition) is 3. The van der Waals surface area contributed by atoms with Crippen LogP contribution in [0, 0.1) is 5.92 Å². The van der Waals surface area contributed by atoms with Crippen LogP contribution < -0.4 is 5.48 Å². The van der Waals surface area contributed by atoms with Crippen molar-refractivity contribution in [1.82, 2.24) is 5.48 Å². The molecule has 15 heavy (non-hydrogen) atoms. The van der Waals surface area contributed by atoms with E-state index in [0.29, 0.717) is 11.8 Å². The molecule has 0 amide bonds. The van der Waals surface area contributed by atoms with Crippen molar-refractivity contribution in [2.24, 2.45) is 10.9 Å². The lowest BCUT2D eigenvalue weighted by molar-refractivity contribution is 0.225. The second kappa shape index (κ2) is 3.35. The number of nitrogens with one attached hydrogen (secondary N) is 1. The van der Waals surface area contributed by atoms with Gasteiger partial charge in [0.2, 0.25) is 0 Å². The zero-order chi connectivity index (χ0) is 10.3. The summed E-state index contributed by atoms with van der Waals surface area (Å²) in [6.07, 6.45) is 3.57. The summed E-state index contributed by atoms with van der Waals surface area (Å²) in [4.78, 5) is 4.46. The molecule has 3 rings (SSSR count). The molecule has 2 aliphatic rings. The zero-order valence-electron chi connectivity index (χ0n) is 8.48. The smallest absolute Gasteiger partial charge is 0.130 e. The van der Waals surface area contributed by atoms with Gasteiger partial charge in [-0.2, -0.15) is 0 Å². The highest BCUT2D eigenvalue weighted by Gasteiger charge is 2.36. The van der Waals surface area contributed by atoms with E-state index in [2.05, 4.69) is 22.6 Å². The van der Waals surface area contributed by atoms with Crippen molar-refractivity contribution in [2.75, 3.05) is 0 Å². The summed E-state index contributed by atoms with van der Waals surface area (Å²) < 4.78 is 0. The summed E-state index contributed by atoms with van der Waals surface area (Å²) >= 11 is 0. The Balaban J connectivity index is 2.13. The Bertz CT molecular complexity index is 414. The molecule has 2 atom stereocenters. The summed E-state index contributed by atoms with van der Waals surface area (Å²) in [6.45, 7) is 0. The molecule has 78 valence electrons. The van der Waals surface area contributed by atoms with Crippen molar-refractivity contribution in [1.29, 1.82) is 0 Å². The first kappa shape index (κ1) is 8.92. The van der Waals surface area contributed by atoms with E-state index in [0.717, 1.165) is 17.9 Å². The van der Waals surface area contributed by atoms with Gasteiger partial charge in [0.1, 0.15) is 5.84 Å². The van der Waals surface area contributed by atoms with Gasteiger partial charge >= 0.3 is 0 Å². The number of rotatable bonds is 0. The molecule has 0 saturated heterocycles. The lowest BCUT2D eigenvalue weighted by Gasteiger charge is -2.26. The Kier molecular flexibility index (Phi) is 1.99. The topological polar surface area (TPSA) is 44.6 Å². The van der Waals surface area contributed by atoms with Gasteiger partial charge in [-0.1, -0.05) is 24.6 Å². The van der Waals surface area contributed by atoms with Gasteiger partial charge < -0.3 is 0 Å². The maximum atomic E-state index is 9.08. The van der Waals surface area contributed by atoms with Gasteiger partial charge in [0.15, 0.2) is 0 Å². The molecule has 1 aromatic rings. The second-order valence-electron chi connectivity index (χ2n) is 4.31. The molecule has 2 N–H and O–H groups in total. The Morgan fingerprint density at radius 2 is 2.00 bits per heavy atom. The van der Waals surface area contributed by atoms with E-state index < -0.39 is 0 Å². The number of fused-ring (bicyclic) bond motifs is 3. The van der Waals surface area contributed by atoms with Crippen LogP contribution >= 0.6 is 0 Å². The molecule has 1 aromatic carbocycles. The third-order valence-electron chi connectivity index (χ3n) is 3.56. The van der Waals surface area contributed by atoms with E-state index >= 15 is 0 Å². The minimum absolute atomic E-state index is 0.393. The second-order valence-corrected chi connectivity index (χ2v) is 4.31. The predicted molar refractivity (Wildman–Crippen MR) is 58.5 cm³/mol. The zero-order valence-corrected chi connectivity index (χ0v) is 8.48. The predicted octanol–water partition coefficient (Wildman–Crippen LogP) is 2.59.